The fourth-order valence-corrected chi connectivity index (χ4v) is 4.75. The van der Waals surface area contributed by atoms with Gasteiger partial charge in [-0.1, -0.05) is 25.7 Å². The van der Waals surface area contributed by atoms with Crippen LogP contribution in [-0.2, 0) is 9.59 Å². The van der Waals surface area contributed by atoms with Gasteiger partial charge in [0, 0.05) is 26.9 Å². The van der Waals surface area contributed by atoms with Gasteiger partial charge in [0.15, 0.2) is 0 Å². The predicted molar refractivity (Wildman–Crippen MR) is 164 cm³/mol. The average molecular weight is 538 g/mol. The SMILES string of the molecule is C.Cc1cncc(C2=CCC/C(=C(\N)C(=O)Nc3cc(NC(=O)CN4CCC[C@@H]4C)cnc3C)C=C2)c1C.N.[HH].[HH]. The summed E-state index contributed by atoms with van der Waals surface area (Å²) in [7, 11) is 0. The Hall–Kier alpha value is -3.82. The monoisotopic (exact) mass is 537 g/mol. The first-order valence-electron chi connectivity index (χ1n) is 12.8. The van der Waals surface area contributed by atoms with Crippen LogP contribution in [-0.4, -0.2) is 45.8 Å². The van der Waals surface area contributed by atoms with Crippen molar-refractivity contribution in [1.82, 2.24) is 21.0 Å². The molecule has 0 bridgehead atoms. The number of allylic oxidation sites excluding steroid dienone is 5. The lowest BCUT2D eigenvalue weighted by Crippen LogP contribution is -2.35. The third kappa shape index (κ3) is 7.61. The molecule has 2 aliphatic rings. The van der Waals surface area contributed by atoms with E-state index >= 15 is 0 Å². The van der Waals surface area contributed by atoms with E-state index in [1.165, 1.54) is 5.56 Å². The number of rotatable bonds is 6. The molecule has 1 fully saturated rings. The van der Waals surface area contributed by atoms with Crippen molar-refractivity contribution in [1.29, 1.82) is 0 Å². The summed E-state index contributed by atoms with van der Waals surface area (Å²) in [6.45, 7) is 9.35. The molecule has 4 rings (SSSR count). The fraction of sp³-hybridized carbons (Fsp3) is 0.400. The summed E-state index contributed by atoms with van der Waals surface area (Å²) in [5, 5.41) is 5.77. The molecule has 39 heavy (non-hydrogen) atoms. The fourth-order valence-electron chi connectivity index (χ4n) is 4.75. The third-order valence-corrected chi connectivity index (χ3v) is 7.27. The molecule has 1 aliphatic heterocycles. The molecular weight excluding hydrogens is 490 g/mol. The first-order valence-corrected chi connectivity index (χ1v) is 12.8. The molecule has 214 valence electrons. The molecule has 2 aromatic rings. The van der Waals surface area contributed by atoms with Gasteiger partial charge in [-0.05, 0) is 88.3 Å². The Kier molecular flexibility index (Phi) is 11.1. The predicted octanol–water partition coefficient (Wildman–Crippen LogP) is 5.70. The number of carbonyl (C=O) groups excluding carboxylic acids is 2. The molecule has 0 saturated carbocycles. The molecule has 0 radical (unpaired) electrons. The van der Waals surface area contributed by atoms with Gasteiger partial charge in [-0.25, -0.2) is 0 Å². The Morgan fingerprint density at radius 3 is 2.64 bits per heavy atom. The zero-order chi connectivity index (χ0) is 26.5. The lowest BCUT2D eigenvalue weighted by atomic mass is 9.99. The lowest BCUT2D eigenvalue weighted by molar-refractivity contribution is -0.117. The maximum atomic E-state index is 13.0. The molecule has 0 spiro atoms. The molecule has 9 heteroatoms. The van der Waals surface area contributed by atoms with E-state index in [1.807, 2.05) is 31.5 Å². The Morgan fingerprint density at radius 2 is 1.92 bits per heavy atom. The molecule has 1 saturated heterocycles. The highest BCUT2D eigenvalue weighted by molar-refractivity contribution is 6.04. The smallest absolute Gasteiger partial charge is 0.271 e. The maximum absolute atomic E-state index is 13.0. The van der Waals surface area contributed by atoms with Crippen LogP contribution in [0.1, 0.15) is 65.3 Å². The van der Waals surface area contributed by atoms with Crippen LogP contribution in [0.15, 0.2) is 54.2 Å². The number of likely N-dealkylation sites (tertiary alicyclic amines) is 1. The first-order chi connectivity index (χ1) is 17.7. The number of nitrogens with two attached hydrogens (primary N) is 1. The first kappa shape index (κ1) is 31.4. The summed E-state index contributed by atoms with van der Waals surface area (Å²) < 4.78 is 0. The molecule has 7 N–H and O–H groups in total. The van der Waals surface area contributed by atoms with E-state index in [1.54, 1.807) is 19.2 Å². The van der Waals surface area contributed by atoms with Crippen molar-refractivity contribution in [3.05, 3.63) is 76.5 Å². The number of amides is 2. The van der Waals surface area contributed by atoms with E-state index in [0.717, 1.165) is 48.1 Å². The van der Waals surface area contributed by atoms with E-state index in [0.29, 0.717) is 36.1 Å². The highest BCUT2D eigenvalue weighted by Crippen LogP contribution is 2.27. The molecule has 2 aromatic heterocycles. The van der Waals surface area contributed by atoms with Crippen LogP contribution in [0.4, 0.5) is 11.4 Å². The number of aromatic nitrogens is 2. The second-order valence-electron chi connectivity index (χ2n) is 9.92. The van der Waals surface area contributed by atoms with Gasteiger partial charge < -0.3 is 22.5 Å². The Balaban J connectivity index is 0.00000400. The van der Waals surface area contributed by atoms with Crippen LogP contribution >= 0.6 is 0 Å². The zero-order valence-electron chi connectivity index (χ0n) is 22.8. The number of carbonyl (C=O) groups is 2. The number of anilines is 2. The van der Waals surface area contributed by atoms with E-state index in [2.05, 4.69) is 45.4 Å². The van der Waals surface area contributed by atoms with Gasteiger partial charge >= 0.3 is 0 Å². The Morgan fingerprint density at radius 1 is 1.15 bits per heavy atom. The molecule has 9 nitrogen and oxygen atoms in total. The summed E-state index contributed by atoms with van der Waals surface area (Å²) >= 11 is 0. The highest BCUT2D eigenvalue weighted by Gasteiger charge is 2.22. The van der Waals surface area contributed by atoms with Crippen molar-refractivity contribution in [2.75, 3.05) is 23.7 Å². The largest absolute Gasteiger partial charge is 0.394 e. The maximum Gasteiger partial charge on any atom is 0.271 e. The van der Waals surface area contributed by atoms with Crippen molar-refractivity contribution in [3.63, 3.8) is 0 Å². The minimum atomic E-state index is -0.393. The zero-order valence-corrected chi connectivity index (χ0v) is 22.8. The van der Waals surface area contributed by atoms with Crippen molar-refractivity contribution < 1.29 is 12.4 Å². The molecule has 0 aromatic carbocycles. The summed E-state index contributed by atoms with van der Waals surface area (Å²) in [4.78, 5) is 36.4. The van der Waals surface area contributed by atoms with Crippen molar-refractivity contribution in [2.45, 2.75) is 66.8 Å². The van der Waals surface area contributed by atoms with Crippen LogP contribution < -0.4 is 22.5 Å². The number of aryl methyl sites for hydroxylation is 2. The van der Waals surface area contributed by atoms with Gasteiger partial charge in [-0.3, -0.25) is 24.5 Å². The standard InChI is InChI=1S/C29H36N6O2.CH4.H3N.2H2/c1-18-14-31-16-25(20(18)3)22-8-5-9-23(11-10-22)28(30)29(37)34-26-13-24(15-32-21(26)4)33-27(36)17-35-12-6-7-19(35)2;;;;/h8,10-11,13-16,19H,5-7,9,12,17,30H2,1-4H3,(H,33,36)(H,34,37);1H4;1H3;2*1H/b28-23+;;;;/t19-;;;;/m0..../s1. The van der Waals surface area contributed by atoms with Gasteiger partial charge in [-0.2, -0.15) is 0 Å². The van der Waals surface area contributed by atoms with Crippen LogP contribution in [0.2, 0.25) is 0 Å². The van der Waals surface area contributed by atoms with Crippen molar-refractivity contribution in [2.24, 2.45) is 5.73 Å². The van der Waals surface area contributed by atoms with Crippen LogP contribution in [0.3, 0.4) is 0 Å². The van der Waals surface area contributed by atoms with Gasteiger partial charge in [0.2, 0.25) is 5.91 Å². The van der Waals surface area contributed by atoms with Crippen LogP contribution in [0.25, 0.3) is 5.57 Å². The molecular formula is C30H47N7O2. The van der Waals surface area contributed by atoms with Gasteiger partial charge in [0.1, 0.15) is 5.70 Å². The third-order valence-electron chi connectivity index (χ3n) is 7.27. The van der Waals surface area contributed by atoms with E-state index in [-0.39, 0.29) is 28.0 Å². The van der Waals surface area contributed by atoms with Crippen LogP contribution in [0, 0.1) is 20.8 Å². The quantitative estimate of drug-likeness (QED) is 0.345. The van der Waals surface area contributed by atoms with Crippen LogP contribution in [0.5, 0.6) is 0 Å². The summed E-state index contributed by atoms with van der Waals surface area (Å²) in [5.41, 5.74) is 13.4. The lowest BCUT2D eigenvalue weighted by Gasteiger charge is -2.20. The molecule has 3 heterocycles. The molecule has 1 atom stereocenters. The average Bonchev–Trinajstić information content (AvgIpc) is 3.11. The Labute approximate surface area is 235 Å². The van der Waals surface area contributed by atoms with Crippen molar-refractivity contribution >= 4 is 28.8 Å². The minimum absolute atomic E-state index is 0. The summed E-state index contributed by atoms with van der Waals surface area (Å²) in [6.07, 6.45) is 15.0. The topological polar surface area (TPSA) is 148 Å². The summed E-state index contributed by atoms with van der Waals surface area (Å²) in [6, 6.07) is 2.13. The number of hydrogen-bond donors (Lipinski definition) is 4. The van der Waals surface area contributed by atoms with Gasteiger partial charge in [0.05, 0.1) is 29.8 Å². The van der Waals surface area contributed by atoms with E-state index < -0.39 is 5.91 Å². The highest BCUT2D eigenvalue weighted by atomic mass is 16.2. The van der Waals surface area contributed by atoms with Gasteiger partial charge in [0.25, 0.3) is 5.91 Å². The van der Waals surface area contributed by atoms with Gasteiger partial charge in [-0.15, -0.1) is 0 Å². The number of nitrogens with one attached hydrogen (secondary N) is 2. The number of nitrogens with zero attached hydrogens (tertiary/aromatic N) is 3. The molecule has 1 aliphatic carbocycles. The second-order valence-corrected chi connectivity index (χ2v) is 9.92. The number of pyridine rings is 2. The minimum Gasteiger partial charge on any atom is -0.394 e. The van der Waals surface area contributed by atoms with E-state index in [4.69, 9.17) is 5.73 Å². The second kappa shape index (κ2) is 13.8. The number of hydrogen-bond acceptors (Lipinski definition) is 7. The molecule has 2 amide bonds. The normalized spacial score (nSPS) is 18.3. The summed E-state index contributed by atoms with van der Waals surface area (Å²) in [5.74, 6) is -0.486. The Bertz CT molecular complexity index is 1310. The van der Waals surface area contributed by atoms with Crippen molar-refractivity contribution in [3.8, 4) is 0 Å². The molecule has 0 unspecified atom stereocenters. The van der Waals surface area contributed by atoms with E-state index in [9.17, 15) is 9.59 Å².